The second-order valence-electron chi connectivity index (χ2n) is 7.79. The van der Waals surface area contributed by atoms with Gasteiger partial charge in [0, 0.05) is 31.7 Å². The normalized spacial score (nSPS) is 40.5. The zero-order valence-corrected chi connectivity index (χ0v) is 13.7. The molecular formula is C18H34N2. The third-order valence-electron chi connectivity index (χ3n) is 6.26. The number of fused-ring (bicyclic) bond motifs is 1. The molecule has 1 aliphatic carbocycles. The van der Waals surface area contributed by atoms with Gasteiger partial charge in [-0.2, -0.15) is 0 Å². The van der Waals surface area contributed by atoms with Crippen molar-refractivity contribution in [1.82, 2.24) is 9.80 Å². The molecular weight excluding hydrogens is 244 g/mol. The molecule has 116 valence electrons. The van der Waals surface area contributed by atoms with Crippen LogP contribution >= 0.6 is 0 Å². The van der Waals surface area contributed by atoms with Crippen LogP contribution in [0.2, 0.25) is 0 Å². The Labute approximate surface area is 125 Å². The minimum absolute atomic E-state index is 0.837. The summed E-state index contributed by atoms with van der Waals surface area (Å²) in [6.45, 7) is 10.3. The monoisotopic (exact) mass is 278 g/mol. The van der Waals surface area contributed by atoms with Crippen LogP contribution in [0.15, 0.2) is 0 Å². The van der Waals surface area contributed by atoms with Gasteiger partial charge in [-0.15, -0.1) is 0 Å². The van der Waals surface area contributed by atoms with E-state index in [4.69, 9.17) is 0 Å². The molecule has 0 aromatic carbocycles. The molecule has 3 aliphatic rings. The average Bonchev–Trinajstić information content (AvgIpc) is 2.49. The molecule has 2 atom stereocenters. The van der Waals surface area contributed by atoms with Crippen molar-refractivity contribution in [3.8, 4) is 0 Å². The van der Waals surface area contributed by atoms with E-state index in [1.54, 1.807) is 0 Å². The number of hydrogen-bond donors (Lipinski definition) is 0. The van der Waals surface area contributed by atoms with E-state index in [1.165, 1.54) is 77.5 Å². The Hall–Kier alpha value is -0.0800. The Morgan fingerprint density at radius 3 is 2.50 bits per heavy atom. The van der Waals surface area contributed by atoms with Crippen LogP contribution in [0.25, 0.3) is 0 Å². The first kappa shape index (κ1) is 14.8. The maximum Gasteiger partial charge on any atom is 0.0223 e. The highest BCUT2D eigenvalue weighted by Gasteiger charge is 2.35. The van der Waals surface area contributed by atoms with Crippen LogP contribution in [0.1, 0.15) is 65.2 Å². The molecule has 2 nitrogen and oxygen atoms in total. The summed E-state index contributed by atoms with van der Waals surface area (Å²) in [4.78, 5) is 5.68. The summed E-state index contributed by atoms with van der Waals surface area (Å²) in [6.07, 6.45) is 11.6. The zero-order valence-electron chi connectivity index (χ0n) is 13.7. The lowest BCUT2D eigenvalue weighted by atomic mass is 9.82. The summed E-state index contributed by atoms with van der Waals surface area (Å²) in [5.74, 6) is 1.99. The Kier molecular flexibility index (Phi) is 5.04. The Morgan fingerprint density at radius 1 is 0.950 bits per heavy atom. The van der Waals surface area contributed by atoms with Gasteiger partial charge in [0.1, 0.15) is 0 Å². The van der Waals surface area contributed by atoms with Crippen molar-refractivity contribution < 1.29 is 0 Å². The van der Waals surface area contributed by atoms with Crippen LogP contribution in [0.3, 0.4) is 0 Å². The van der Waals surface area contributed by atoms with Gasteiger partial charge in [0.2, 0.25) is 0 Å². The van der Waals surface area contributed by atoms with E-state index in [1.807, 2.05) is 0 Å². The van der Waals surface area contributed by atoms with Gasteiger partial charge in [-0.05, 0) is 50.5 Å². The average molecular weight is 278 g/mol. The van der Waals surface area contributed by atoms with E-state index >= 15 is 0 Å². The van der Waals surface area contributed by atoms with E-state index < -0.39 is 0 Å². The molecule has 2 saturated heterocycles. The van der Waals surface area contributed by atoms with Gasteiger partial charge in [-0.25, -0.2) is 0 Å². The summed E-state index contributed by atoms with van der Waals surface area (Å²) in [6, 6.07) is 1.72. The van der Waals surface area contributed by atoms with Gasteiger partial charge in [0.15, 0.2) is 0 Å². The van der Waals surface area contributed by atoms with Crippen LogP contribution in [-0.4, -0.2) is 48.1 Å². The molecule has 3 rings (SSSR count). The molecule has 0 spiro atoms. The minimum atomic E-state index is 0.837. The molecule has 1 saturated carbocycles. The molecule has 2 unspecified atom stereocenters. The van der Waals surface area contributed by atoms with Gasteiger partial charge in [0.25, 0.3) is 0 Å². The number of hydrogen-bond acceptors (Lipinski definition) is 2. The second kappa shape index (κ2) is 6.79. The number of piperazine rings is 1. The summed E-state index contributed by atoms with van der Waals surface area (Å²) in [7, 11) is 0. The topological polar surface area (TPSA) is 6.48 Å². The number of rotatable bonds is 3. The lowest BCUT2D eigenvalue weighted by Gasteiger charge is -2.49. The first-order valence-electron chi connectivity index (χ1n) is 9.24. The van der Waals surface area contributed by atoms with E-state index in [0.29, 0.717) is 0 Å². The Morgan fingerprint density at radius 2 is 1.75 bits per heavy atom. The molecule has 2 heterocycles. The quantitative estimate of drug-likeness (QED) is 0.775. The first-order valence-corrected chi connectivity index (χ1v) is 9.24. The van der Waals surface area contributed by atoms with Crippen molar-refractivity contribution in [2.45, 2.75) is 77.3 Å². The second-order valence-corrected chi connectivity index (χ2v) is 7.79. The molecule has 0 aromatic heterocycles. The van der Waals surface area contributed by atoms with Crippen molar-refractivity contribution in [3.63, 3.8) is 0 Å². The molecule has 2 aliphatic heterocycles. The summed E-state index contributed by atoms with van der Waals surface area (Å²) < 4.78 is 0. The predicted octanol–water partition coefficient (Wildman–Crippen LogP) is 3.76. The largest absolute Gasteiger partial charge is 0.298 e. The number of nitrogens with zero attached hydrogens (tertiary/aromatic N) is 2. The molecule has 20 heavy (non-hydrogen) atoms. The van der Waals surface area contributed by atoms with Gasteiger partial charge in [-0.1, -0.05) is 33.1 Å². The molecule has 0 N–H and O–H groups in total. The first-order chi connectivity index (χ1) is 9.76. The van der Waals surface area contributed by atoms with E-state index in [9.17, 15) is 0 Å². The van der Waals surface area contributed by atoms with Gasteiger partial charge in [-0.3, -0.25) is 9.80 Å². The van der Waals surface area contributed by atoms with Crippen molar-refractivity contribution >= 4 is 0 Å². The standard InChI is InChI=1S/C18H34N2/c1-3-17-13-19-11-5-4-6-18(19)14-20(17)12-16-9-7-15(2)8-10-16/h15-18H,3-14H2,1-2H3. The highest BCUT2D eigenvalue weighted by molar-refractivity contribution is 4.91. The SMILES string of the molecule is CCC1CN2CCCCC2CN1CC1CCC(C)CC1. The molecule has 0 bridgehead atoms. The van der Waals surface area contributed by atoms with Crippen molar-refractivity contribution in [1.29, 1.82) is 0 Å². The van der Waals surface area contributed by atoms with Crippen molar-refractivity contribution in [2.75, 3.05) is 26.2 Å². The fourth-order valence-electron chi connectivity index (χ4n) is 4.77. The lowest BCUT2D eigenvalue weighted by Crippen LogP contribution is -2.60. The van der Waals surface area contributed by atoms with Crippen molar-refractivity contribution in [2.24, 2.45) is 11.8 Å². The minimum Gasteiger partial charge on any atom is -0.298 e. The smallest absolute Gasteiger partial charge is 0.0223 e. The van der Waals surface area contributed by atoms with Gasteiger partial charge >= 0.3 is 0 Å². The maximum atomic E-state index is 2.88. The summed E-state index contributed by atoms with van der Waals surface area (Å²) >= 11 is 0. The zero-order chi connectivity index (χ0) is 13.9. The molecule has 0 aromatic rings. The third-order valence-corrected chi connectivity index (χ3v) is 6.26. The highest BCUT2D eigenvalue weighted by Crippen LogP contribution is 2.31. The van der Waals surface area contributed by atoms with Gasteiger partial charge in [0.05, 0.1) is 0 Å². The van der Waals surface area contributed by atoms with Crippen molar-refractivity contribution in [3.05, 3.63) is 0 Å². The number of piperidine rings is 1. The third kappa shape index (κ3) is 3.39. The van der Waals surface area contributed by atoms with Crippen LogP contribution in [0.5, 0.6) is 0 Å². The summed E-state index contributed by atoms with van der Waals surface area (Å²) in [5, 5.41) is 0. The molecule has 0 radical (unpaired) electrons. The van der Waals surface area contributed by atoms with Gasteiger partial charge < -0.3 is 0 Å². The highest BCUT2D eigenvalue weighted by atomic mass is 15.3. The Bertz CT molecular complexity index is 296. The Balaban J connectivity index is 1.56. The van der Waals surface area contributed by atoms with Crippen LogP contribution in [0, 0.1) is 11.8 Å². The molecule has 3 fully saturated rings. The van der Waals surface area contributed by atoms with Crippen LogP contribution < -0.4 is 0 Å². The van der Waals surface area contributed by atoms with E-state index in [-0.39, 0.29) is 0 Å². The van der Waals surface area contributed by atoms with E-state index in [2.05, 4.69) is 23.6 Å². The van der Waals surface area contributed by atoms with Crippen LogP contribution in [-0.2, 0) is 0 Å². The fraction of sp³-hybridized carbons (Fsp3) is 1.00. The fourth-order valence-corrected chi connectivity index (χ4v) is 4.77. The van der Waals surface area contributed by atoms with Crippen LogP contribution in [0.4, 0.5) is 0 Å². The lowest BCUT2D eigenvalue weighted by molar-refractivity contribution is -0.00355. The predicted molar refractivity (Wildman–Crippen MR) is 86.0 cm³/mol. The molecule has 2 heteroatoms. The summed E-state index contributed by atoms with van der Waals surface area (Å²) in [5.41, 5.74) is 0. The molecule has 0 amide bonds. The van der Waals surface area contributed by atoms with E-state index in [0.717, 1.165) is 23.9 Å². The maximum absolute atomic E-state index is 2.88.